The minimum absolute atomic E-state index is 0.172. The van der Waals surface area contributed by atoms with E-state index in [9.17, 15) is 13.2 Å². The van der Waals surface area contributed by atoms with Gasteiger partial charge < -0.3 is 5.32 Å². The lowest BCUT2D eigenvalue weighted by Crippen LogP contribution is -2.27. The predicted molar refractivity (Wildman–Crippen MR) is 117 cm³/mol. The van der Waals surface area contributed by atoms with E-state index in [2.05, 4.69) is 5.32 Å². The summed E-state index contributed by atoms with van der Waals surface area (Å²) in [4.78, 5) is 13.4. The molecule has 1 aliphatic rings. The van der Waals surface area contributed by atoms with E-state index in [1.54, 1.807) is 22.5 Å². The van der Waals surface area contributed by atoms with Crippen LogP contribution in [0, 0.1) is 6.92 Å². The summed E-state index contributed by atoms with van der Waals surface area (Å²) in [7, 11) is -3.40. The maximum atomic E-state index is 12.7. The number of carbonyl (C=O) groups is 1. The number of rotatable bonds is 5. The Morgan fingerprint density at radius 1 is 0.966 bits per heavy atom. The summed E-state index contributed by atoms with van der Waals surface area (Å²) in [5.41, 5.74) is 3.24. The van der Waals surface area contributed by atoms with Crippen molar-refractivity contribution in [1.29, 1.82) is 0 Å². The molecule has 1 amide bonds. The highest BCUT2D eigenvalue weighted by Gasteiger charge is 2.28. The van der Waals surface area contributed by atoms with Gasteiger partial charge in [0.05, 0.1) is 0 Å². The first-order valence-electron chi connectivity index (χ1n) is 9.52. The molecule has 1 N–H and O–H groups in total. The first kappa shape index (κ1) is 19.8. The summed E-state index contributed by atoms with van der Waals surface area (Å²) in [6, 6.07) is 18.4. The van der Waals surface area contributed by atoms with Gasteiger partial charge >= 0.3 is 0 Å². The molecule has 4 rings (SSSR count). The van der Waals surface area contributed by atoms with E-state index in [4.69, 9.17) is 0 Å². The number of aryl methyl sites for hydroxylation is 1. The third-order valence-electron chi connectivity index (χ3n) is 5.07. The Morgan fingerprint density at radius 2 is 1.66 bits per heavy atom. The van der Waals surface area contributed by atoms with Gasteiger partial charge in [-0.25, -0.2) is 8.42 Å². The number of sulfonamides is 1. The number of nitrogens with zero attached hydrogens (tertiary/aromatic N) is 1. The lowest BCUT2D eigenvalue weighted by atomic mass is 10.1. The number of para-hydroxylation sites is 1. The van der Waals surface area contributed by atoms with E-state index in [0.29, 0.717) is 22.9 Å². The number of nitrogens with one attached hydrogen (secondary N) is 1. The zero-order chi connectivity index (χ0) is 20.4. The largest absolute Gasteiger partial charge is 0.322 e. The molecule has 0 aliphatic carbocycles. The van der Waals surface area contributed by atoms with Crippen molar-refractivity contribution in [2.45, 2.75) is 24.0 Å². The number of anilines is 1. The molecule has 1 aromatic heterocycles. The lowest BCUT2D eigenvalue weighted by Gasteiger charge is -2.13. The smallest absolute Gasteiger partial charge is 0.255 e. The van der Waals surface area contributed by atoms with Crippen molar-refractivity contribution >= 4 is 33.0 Å². The van der Waals surface area contributed by atoms with E-state index in [0.717, 1.165) is 34.5 Å². The Labute approximate surface area is 175 Å². The van der Waals surface area contributed by atoms with Crippen LogP contribution >= 0.6 is 11.3 Å². The minimum atomic E-state index is -3.40. The van der Waals surface area contributed by atoms with Gasteiger partial charge in [-0.1, -0.05) is 30.3 Å². The van der Waals surface area contributed by atoms with Crippen molar-refractivity contribution in [3.8, 4) is 10.4 Å². The molecule has 2 aromatic carbocycles. The molecule has 0 saturated carbocycles. The van der Waals surface area contributed by atoms with Crippen molar-refractivity contribution in [2.24, 2.45) is 0 Å². The van der Waals surface area contributed by atoms with Crippen LogP contribution in [0.25, 0.3) is 10.4 Å². The second-order valence-corrected chi connectivity index (χ2v) is 10.3. The van der Waals surface area contributed by atoms with Crippen LogP contribution < -0.4 is 5.32 Å². The zero-order valence-electron chi connectivity index (χ0n) is 16.1. The van der Waals surface area contributed by atoms with Crippen LogP contribution in [0.3, 0.4) is 0 Å². The number of benzene rings is 2. The number of amides is 1. The topological polar surface area (TPSA) is 66.5 Å². The van der Waals surface area contributed by atoms with Crippen LogP contribution in [0.15, 0.2) is 64.9 Å². The van der Waals surface area contributed by atoms with Crippen LogP contribution in [0.1, 0.15) is 28.8 Å². The van der Waals surface area contributed by atoms with Gasteiger partial charge in [0.1, 0.15) is 4.21 Å². The van der Waals surface area contributed by atoms with Crippen LogP contribution in [-0.2, 0) is 10.0 Å². The van der Waals surface area contributed by atoms with Crippen molar-refractivity contribution in [1.82, 2.24) is 4.31 Å². The monoisotopic (exact) mass is 426 g/mol. The predicted octanol–water partition coefficient (Wildman–Crippen LogP) is 4.76. The highest BCUT2D eigenvalue weighted by Crippen LogP contribution is 2.33. The Morgan fingerprint density at radius 3 is 2.34 bits per heavy atom. The summed E-state index contributed by atoms with van der Waals surface area (Å²) < 4.78 is 27.3. The summed E-state index contributed by atoms with van der Waals surface area (Å²) in [6.07, 6.45) is 1.84. The summed E-state index contributed by atoms with van der Waals surface area (Å²) in [6.45, 7) is 3.14. The van der Waals surface area contributed by atoms with Gasteiger partial charge in [-0.3, -0.25) is 4.79 Å². The fourth-order valence-corrected chi connectivity index (χ4v) is 6.35. The van der Waals surface area contributed by atoms with Crippen molar-refractivity contribution < 1.29 is 13.2 Å². The Kier molecular flexibility index (Phi) is 5.54. The second-order valence-electron chi connectivity index (χ2n) is 7.08. The third kappa shape index (κ3) is 4.12. The van der Waals surface area contributed by atoms with Crippen molar-refractivity contribution in [2.75, 3.05) is 18.4 Å². The molecule has 0 bridgehead atoms. The third-order valence-corrected chi connectivity index (χ3v) is 8.57. The molecular formula is C22H22N2O3S2. The van der Waals surface area contributed by atoms with Crippen LogP contribution in [0.5, 0.6) is 0 Å². The Balaban J connectivity index is 1.50. The molecule has 150 valence electrons. The normalized spacial score (nSPS) is 14.8. The fourth-order valence-electron chi connectivity index (χ4n) is 3.36. The maximum absolute atomic E-state index is 12.7. The van der Waals surface area contributed by atoms with Crippen molar-refractivity contribution in [3.05, 3.63) is 71.8 Å². The first-order chi connectivity index (χ1) is 13.9. The molecule has 1 aliphatic heterocycles. The molecule has 2 heterocycles. The fraction of sp³-hybridized carbons (Fsp3) is 0.227. The summed E-state index contributed by atoms with van der Waals surface area (Å²) >= 11 is 1.27. The van der Waals surface area contributed by atoms with Crippen molar-refractivity contribution in [3.63, 3.8) is 0 Å². The van der Waals surface area contributed by atoms with Gasteiger partial charge in [0, 0.05) is 29.2 Å². The first-order valence-corrected chi connectivity index (χ1v) is 11.8. The quantitative estimate of drug-likeness (QED) is 0.640. The summed E-state index contributed by atoms with van der Waals surface area (Å²) in [5, 5.41) is 2.92. The molecule has 1 fully saturated rings. The molecule has 0 atom stereocenters. The lowest BCUT2D eigenvalue weighted by molar-refractivity contribution is 0.102. The standard InChI is InChI=1S/C22H22N2O3S2/c1-16-6-2-3-7-19(16)23-22(25)18-10-8-17(9-11-18)20-12-13-21(28-20)29(26,27)24-14-4-5-15-24/h2-3,6-13H,4-5,14-15H2,1H3,(H,23,25). The summed E-state index contributed by atoms with van der Waals surface area (Å²) in [5.74, 6) is -0.172. The van der Waals surface area contributed by atoms with E-state index < -0.39 is 10.0 Å². The van der Waals surface area contributed by atoms with E-state index in [1.807, 2.05) is 49.4 Å². The van der Waals surface area contributed by atoms with Gasteiger partial charge in [0.25, 0.3) is 15.9 Å². The van der Waals surface area contributed by atoms with Crippen LogP contribution in [0.4, 0.5) is 5.69 Å². The highest BCUT2D eigenvalue weighted by atomic mass is 32.2. The molecule has 0 unspecified atom stereocenters. The van der Waals surface area contributed by atoms with Crippen LogP contribution in [-0.4, -0.2) is 31.7 Å². The van der Waals surface area contributed by atoms with E-state index >= 15 is 0 Å². The molecule has 5 nitrogen and oxygen atoms in total. The number of thiophene rings is 1. The molecule has 7 heteroatoms. The average molecular weight is 427 g/mol. The van der Waals surface area contributed by atoms with Gasteiger partial charge in [-0.05, 0) is 61.2 Å². The minimum Gasteiger partial charge on any atom is -0.322 e. The van der Waals surface area contributed by atoms with E-state index in [-0.39, 0.29) is 5.91 Å². The van der Waals surface area contributed by atoms with Gasteiger partial charge in [0.2, 0.25) is 0 Å². The number of hydrogen-bond donors (Lipinski definition) is 1. The van der Waals surface area contributed by atoms with Gasteiger partial charge in [-0.2, -0.15) is 4.31 Å². The molecule has 0 spiro atoms. The van der Waals surface area contributed by atoms with Gasteiger partial charge in [0.15, 0.2) is 0 Å². The SMILES string of the molecule is Cc1ccccc1NC(=O)c1ccc(-c2ccc(S(=O)(=O)N3CCCC3)s2)cc1. The molecule has 1 saturated heterocycles. The van der Waals surface area contributed by atoms with Gasteiger partial charge in [-0.15, -0.1) is 11.3 Å². The average Bonchev–Trinajstić information content (AvgIpc) is 3.43. The Bertz CT molecular complexity index is 1130. The zero-order valence-corrected chi connectivity index (χ0v) is 17.7. The van der Waals surface area contributed by atoms with Crippen LogP contribution in [0.2, 0.25) is 0 Å². The molecule has 3 aromatic rings. The number of carbonyl (C=O) groups excluding carboxylic acids is 1. The maximum Gasteiger partial charge on any atom is 0.255 e. The molecular weight excluding hydrogens is 404 g/mol. The van der Waals surface area contributed by atoms with E-state index in [1.165, 1.54) is 11.3 Å². The molecule has 29 heavy (non-hydrogen) atoms. The number of hydrogen-bond acceptors (Lipinski definition) is 4. The molecule has 0 radical (unpaired) electrons. The second kappa shape index (κ2) is 8.10. The Hall–Kier alpha value is -2.48. The highest BCUT2D eigenvalue weighted by molar-refractivity contribution is 7.91.